The minimum atomic E-state index is 0.521. The van der Waals surface area contributed by atoms with E-state index < -0.39 is 0 Å². The average Bonchev–Trinajstić information content (AvgIpc) is 2.97. The normalized spacial score (nSPS) is 11.3. The maximum atomic E-state index is 5.88. The van der Waals surface area contributed by atoms with Gasteiger partial charge in [0.1, 0.15) is 12.4 Å². The Morgan fingerprint density at radius 1 is 1.25 bits per heavy atom. The zero-order valence-electron chi connectivity index (χ0n) is 11.4. The van der Waals surface area contributed by atoms with Gasteiger partial charge in [-0.05, 0) is 25.5 Å². The highest BCUT2D eigenvalue weighted by Crippen LogP contribution is 2.21. The lowest BCUT2D eigenvalue weighted by molar-refractivity contribution is 0.367. The molecule has 0 unspecified atom stereocenters. The zero-order chi connectivity index (χ0) is 14.1. The number of fused-ring (bicyclic) bond motifs is 1. The highest BCUT2D eigenvalue weighted by molar-refractivity contribution is 6.17. The molecule has 0 spiro atoms. The lowest BCUT2D eigenvalue weighted by Crippen LogP contribution is -2.06. The molecule has 0 bridgehead atoms. The molecule has 0 saturated carbocycles. The quantitative estimate of drug-likeness (QED) is 0.693. The first-order valence-electron chi connectivity index (χ1n) is 6.49. The number of halogens is 1. The smallest absolute Gasteiger partial charge is 0.246 e. The van der Waals surface area contributed by atoms with Crippen molar-refractivity contribution in [3.05, 3.63) is 41.3 Å². The van der Waals surface area contributed by atoms with Crippen LogP contribution in [-0.2, 0) is 13.0 Å². The summed E-state index contributed by atoms with van der Waals surface area (Å²) >= 11 is 5.88. The fraction of sp³-hybridized carbons (Fsp3) is 0.357. The molecule has 5 nitrogen and oxygen atoms in total. The van der Waals surface area contributed by atoms with Crippen LogP contribution in [0.2, 0.25) is 0 Å². The number of para-hydroxylation sites is 1. The highest BCUT2D eigenvalue weighted by Gasteiger charge is 2.14. The summed E-state index contributed by atoms with van der Waals surface area (Å²) < 4.78 is 7.30. The Labute approximate surface area is 121 Å². The molecule has 0 aliphatic heterocycles. The molecule has 104 valence electrons. The van der Waals surface area contributed by atoms with Gasteiger partial charge < -0.3 is 9.09 Å². The van der Waals surface area contributed by atoms with Crippen LogP contribution in [0, 0.1) is 13.8 Å². The van der Waals surface area contributed by atoms with Gasteiger partial charge in [-0.25, -0.2) is 4.98 Å². The maximum absolute atomic E-state index is 5.88. The van der Waals surface area contributed by atoms with Crippen molar-refractivity contribution in [2.24, 2.45) is 0 Å². The van der Waals surface area contributed by atoms with Gasteiger partial charge in [-0.3, -0.25) is 0 Å². The van der Waals surface area contributed by atoms with Crippen molar-refractivity contribution in [3.63, 3.8) is 0 Å². The van der Waals surface area contributed by atoms with Crippen molar-refractivity contribution in [2.45, 2.75) is 26.8 Å². The standard InChI is InChI=1S/C14H15ClN4O/c1-9-4-3-5-11-14(9)17-12(6-7-15)19(11)8-13-16-10(2)18-20-13/h3-5H,6-8H2,1-2H3. The second-order valence-corrected chi connectivity index (χ2v) is 5.11. The molecule has 0 aliphatic carbocycles. The lowest BCUT2D eigenvalue weighted by Gasteiger charge is -2.05. The monoisotopic (exact) mass is 290 g/mol. The number of nitrogens with zero attached hydrogens (tertiary/aromatic N) is 4. The molecule has 20 heavy (non-hydrogen) atoms. The van der Waals surface area contributed by atoms with E-state index in [0.717, 1.165) is 22.4 Å². The van der Waals surface area contributed by atoms with Crippen molar-refractivity contribution >= 4 is 22.6 Å². The van der Waals surface area contributed by atoms with Crippen LogP contribution in [0.3, 0.4) is 0 Å². The number of alkyl halides is 1. The summed E-state index contributed by atoms with van der Waals surface area (Å²) in [6.45, 7) is 4.39. The van der Waals surface area contributed by atoms with E-state index in [4.69, 9.17) is 21.1 Å². The second-order valence-electron chi connectivity index (χ2n) is 4.73. The minimum absolute atomic E-state index is 0.521. The van der Waals surface area contributed by atoms with Gasteiger partial charge in [0.2, 0.25) is 5.89 Å². The average molecular weight is 291 g/mol. The van der Waals surface area contributed by atoms with Crippen LogP contribution < -0.4 is 0 Å². The summed E-state index contributed by atoms with van der Waals surface area (Å²) in [5.41, 5.74) is 3.23. The molecule has 0 atom stereocenters. The summed E-state index contributed by atoms with van der Waals surface area (Å²) in [7, 11) is 0. The minimum Gasteiger partial charge on any atom is -0.337 e. The molecule has 3 rings (SSSR count). The van der Waals surface area contributed by atoms with Gasteiger partial charge in [-0.1, -0.05) is 17.3 Å². The molecule has 2 aromatic heterocycles. The summed E-state index contributed by atoms with van der Waals surface area (Å²) in [4.78, 5) is 8.95. The molecule has 1 aromatic carbocycles. The van der Waals surface area contributed by atoms with E-state index in [9.17, 15) is 0 Å². The highest BCUT2D eigenvalue weighted by atomic mass is 35.5. The largest absolute Gasteiger partial charge is 0.337 e. The Kier molecular flexibility index (Phi) is 3.44. The molecule has 3 aromatic rings. The zero-order valence-corrected chi connectivity index (χ0v) is 12.2. The fourth-order valence-corrected chi connectivity index (χ4v) is 2.50. The number of imidazole rings is 1. The molecule has 2 heterocycles. The first-order chi connectivity index (χ1) is 9.69. The molecule has 0 radical (unpaired) electrons. The molecular weight excluding hydrogens is 276 g/mol. The number of aryl methyl sites for hydroxylation is 3. The molecule has 0 N–H and O–H groups in total. The SMILES string of the molecule is Cc1noc(Cn2c(CCCl)nc3c(C)cccc32)n1. The van der Waals surface area contributed by atoms with E-state index in [0.29, 0.717) is 30.6 Å². The summed E-state index contributed by atoms with van der Waals surface area (Å²) in [5.74, 6) is 2.70. The van der Waals surface area contributed by atoms with E-state index >= 15 is 0 Å². The third kappa shape index (κ3) is 2.29. The van der Waals surface area contributed by atoms with Gasteiger partial charge in [0.05, 0.1) is 11.0 Å². The van der Waals surface area contributed by atoms with Crippen molar-refractivity contribution < 1.29 is 4.52 Å². The van der Waals surface area contributed by atoms with Gasteiger partial charge in [0.15, 0.2) is 5.82 Å². The van der Waals surface area contributed by atoms with Crippen LogP contribution in [0.4, 0.5) is 0 Å². The Balaban J connectivity index is 2.11. The van der Waals surface area contributed by atoms with E-state index in [2.05, 4.69) is 33.8 Å². The third-order valence-electron chi connectivity index (χ3n) is 3.24. The Morgan fingerprint density at radius 3 is 2.80 bits per heavy atom. The van der Waals surface area contributed by atoms with Crippen LogP contribution in [-0.4, -0.2) is 25.6 Å². The van der Waals surface area contributed by atoms with E-state index in [1.165, 1.54) is 0 Å². The summed E-state index contributed by atoms with van der Waals surface area (Å²) in [6, 6.07) is 6.14. The van der Waals surface area contributed by atoms with Crippen LogP contribution in [0.25, 0.3) is 11.0 Å². The molecular formula is C14H15ClN4O. The molecule has 0 fully saturated rings. The first-order valence-corrected chi connectivity index (χ1v) is 7.02. The van der Waals surface area contributed by atoms with Crippen LogP contribution >= 0.6 is 11.6 Å². The number of hydrogen-bond acceptors (Lipinski definition) is 4. The number of benzene rings is 1. The topological polar surface area (TPSA) is 56.7 Å². The van der Waals surface area contributed by atoms with Crippen LogP contribution in [0.15, 0.2) is 22.7 Å². The van der Waals surface area contributed by atoms with Gasteiger partial charge >= 0.3 is 0 Å². The molecule has 6 heteroatoms. The number of hydrogen-bond donors (Lipinski definition) is 0. The number of aromatic nitrogens is 4. The first kappa shape index (κ1) is 13.1. The van der Waals surface area contributed by atoms with E-state index in [1.807, 2.05) is 13.0 Å². The van der Waals surface area contributed by atoms with Gasteiger partial charge in [-0.15, -0.1) is 11.6 Å². The summed E-state index contributed by atoms with van der Waals surface area (Å²) in [6.07, 6.45) is 0.711. The maximum Gasteiger partial charge on any atom is 0.246 e. The van der Waals surface area contributed by atoms with Crippen molar-refractivity contribution in [3.8, 4) is 0 Å². The Bertz CT molecular complexity index is 747. The van der Waals surface area contributed by atoms with E-state index in [-0.39, 0.29) is 0 Å². The summed E-state index contributed by atoms with van der Waals surface area (Å²) in [5, 5.41) is 3.82. The van der Waals surface area contributed by atoms with Gasteiger partial charge in [-0.2, -0.15) is 4.98 Å². The van der Waals surface area contributed by atoms with Gasteiger partial charge in [0, 0.05) is 12.3 Å². The van der Waals surface area contributed by atoms with Crippen molar-refractivity contribution in [1.82, 2.24) is 19.7 Å². The predicted molar refractivity (Wildman–Crippen MR) is 77.0 cm³/mol. The molecule has 0 aliphatic rings. The lowest BCUT2D eigenvalue weighted by atomic mass is 10.2. The Morgan fingerprint density at radius 2 is 2.10 bits per heavy atom. The van der Waals surface area contributed by atoms with Gasteiger partial charge in [0.25, 0.3) is 0 Å². The second kappa shape index (κ2) is 5.25. The fourth-order valence-electron chi connectivity index (χ4n) is 2.33. The molecule has 0 amide bonds. The van der Waals surface area contributed by atoms with Crippen molar-refractivity contribution in [2.75, 3.05) is 5.88 Å². The van der Waals surface area contributed by atoms with Crippen molar-refractivity contribution in [1.29, 1.82) is 0 Å². The third-order valence-corrected chi connectivity index (χ3v) is 3.43. The number of rotatable bonds is 4. The predicted octanol–water partition coefficient (Wildman–Crippen LogP) is 2.87. The van der Waals surface area contributed by atoms with Crippen LogP contribution in [0.5, 0.6) is 0 Å². The van der Waals surface area contributed by atoms with Crippen LogP contribution in [0.1, 0.15) is 23.1 Å². The molecule has 0 saturated heterocycles. The Hall–Kier alpha value is -1.88. The van der Waals surface area contributed by atoms with E-state index in [1.54, 1.807) is 0 Å².